The third kappa shape index (κ3) is 3.11. The van der Waals surface area contributed by atoms with Gasteiger partial charge in [-0.05, 0) is 19.1 Å². The van der Waals surface area contributed by atoms with Crippen LogP contribution in [0.1, 0.15) is 31.5 Å². The third-order valence-corrected chi connectivity index (χ3v) is 5.67. The SMILES string of the molecule is Cc1ccc(CN2CCc3[nH]nc(C(=O)N4CCOCC4)c3C2)s1. The van der Waals surface area contributed by atoms with Crippen molar-refractivity contribution in [1.82, 2.24) is 20.0 Å². The van der Waals surface area contributed by atoms with Gasteiger partial charge in [0.2, 0.25) is 0 Å². The van der Waals surface area contributed by atoms with Gasteiger partial charge in [0.05, 0.1) is 13.2 Å². The van der Waals surface area contributed by atoms with Crippen LogP contribution in [0.4, 0.5) is 0 Å². The number of rotatable bonds is 3. The van der Waals surface area contributed by atoms with Crippen molar-refractivity contribution in [2.24, 2.45) is 0 Å². The highest BCUT2D eigenvalue weighted by molar-refractivity contribution is 7.11. The van der Waals surface area contributed by atoms with Gasteiger partial charge >= 0.3 is 0 Å². The highest BCUT2D eigenvalue weighted by Gasteiger charge is 2.28. The summed E-state index contributed by atoms with van der Waals surface area (Å²) in [4.78, 5) is 19.7. The Morgan fingerprint density at radius 3 is 2.92 bits per heavy atom. The number of ether oxygens (including phenoxy) is 1. The Balaban J connectivity index is 1.50. The van der Waals surface area contributed by atoms with Crippen molar-refractivity contribution in [2.75, 3.05) is 32.8 Å². The highest BCUT2D eigenvalue weighted by atomic mass is 32.1. The molecule has 2 aliphatic heterocycles. The molecule has 1 fully saturated rings. The van der Waals surface area contributed by atoms with Crippen molar-refractivity contribution in [3.05, 3.63) is 38.8 Å². The van der Waals surface area contributed by atoms with Crippen molar-refractivity contribution in [3.63, 3.8) is 0 Å². The summed E-state index contributed by atoms with van der Waals surface area (Å²) in [7, 11) is 0. The second-order valence-electron chi connectivity index (χ2n) is 6.41. The zero-order valence-electron chi connectivity index (χ0n) is 13.9. The monoisotopic (exact) mass is 346 g/mol. The van der Waals surface area contributed by atoms with Gasteiger partial charge in [0, 0.05) is 60.2 Å². The maximum absolute atomic E-state index is 12.8. The molecular weight excluding hydrogens is 324 g/mol. The molecule has 0 spiro atoms. The van der Waals surface area contributed by atoms with Crippen molar-refractivity contribution in [3.8, 4) is 0 Å². The van der Waals surface area contributed by atoms with Gasteiger partial charge in [-0.3, -0.25) is 14.8 Å². The number of aromatic amines is 1. The smallest absolute Gasteiger partial charge is 0.274 e. The molecule has 4 rings (SSSR count). The van der Waals surface area contributed by atoms with E-state index in [1.54, 1.807) is 0 Å². The minimum atomic E-state index is 0.0321. The summed E-state index contributed by atoms with van der Waals surface area (Å²) in [5, 5.41) is 7.42. The van der Waals surface area contributed by atoms with Crippen LogP contribution in [0.5, 0.6) is 0 Å². The Kier molecular flexibility index (Phi) is 4.39. The number of nitrogens with zero attached hydrogens (tertiary/aromatic N) is 3. The number of aromatic nitrogens is 2. The Labute approximate surface area is 145 Å². The van der Waals surface area contributed by atoms with Gasteiger partial charge < -0.3 is 9.64 Å². The molecule has 1 amide bonds. The second-order valence-corrected chi connectivity index (χ2v) is 7.78. The summed E-state index contributed by atoms with van der Waals surface area (Å²) in [5.41, 5.74) is 2.79. The average molecular weight is 346 g/mol. The second kappa shape index (κ2) is 6.66. The fraction of sp³-hybridized carbons (Fsp3) is 0.529. The van der Waals surface area contributed by atoms with Gasteiger partial charge in [-0.25, -0.2) is 0 Å². The third-order valence-electron chi connectivity index (χ3n) is 4.69. The number of hydrogen-bond acceptors (Lipinski definition) is 5. The van der Waals surface area contributed by atoms with E-state index >= 15 is 0 Å². The average Bonchev–Trinajstić information content (AvgIpc) is 3.21. The molecule has 7 heteroatoms. The van der Waals surface area contributed by atoms with Crippen LogP contribution in [0.15, 0.2) is 12.1 Å². The Hall–Kier alpha value is -1.70. The zero-order valence-corrected chi connectivity index (χ0v) is 14.7. The summed E-state index contributed by atoms with van der Waals surface area (Å²) in [6.07, 6.45) is 0.920. The molecule has 0 aromatic carbocycles. The quantitative estimate of drug-likeness (QED) is 0.921. The molecule has 1 saturated heterocycles. The normalized spacial score (nSPS) is 18.6. The van der Waals surface area contributed by atoms with Crippen molar-refractivity contribution < 1.29 is 9.53 Å². The predicted octanol–water partition coefficient (Wildman–Crippen LogP) is 1.81. The number of carbonyl (C=O) groups is 1. The van der Waals surface area contributed by atoms with Crippen molar-refractivity contribution in [2.45, 2.75) is 26.4 Å². The lowest BCUT2D eigenvalue weighted by Gasteiger charge is -2.28. The van der Waals surface area contributed by atoms with Crippen molar-refractivity contribution >= 4 is 17.2 Å². The molecule has 6 nitrogen and oxygen atoms in total. The molecule has 0 aliphatic carbocycles. The molecule has 24 heavy (non-hydrogen) atoms. The first-order valence-corrected chi connectivity index (χ1v) is 9.23. The van der Waals surface area contributed by atoms with Crippen LogP contribution in [0.25, 0.3) is 0 Å². The Morgan fingerprint density at radius 1 is 1.33 bits per heavy atom. The van der Waals surface area contributed by atoms with Crippen LogP contribution in [-0.4, -0.2) is 58.8 Å². The lowest BCUT2D eigenvalue weighted by atomic mass is 10.0. The van der Waals surface area contributed by atoms with Gasteiger partial charge in [0.15, 0.2) is 5.69 Å². The van der Waals surface area contributed by atoms with Crippen molar-refractivity contribution in [1.29, 1.82) is 0 Å². The lowest BCUT2D eigenvalue weighted by Crippen LogP contribution is -2.41. The summed E-state index contributed by atoms with van der Waals surface area (Å²) in [6, 6.07) is 4.37. The number of amides is 1. The van der Waals surface area contributed by atoms with E-state index in [-0.39, 0.29) is 5.91 Å². The van der Waals surface area contributed by atoms with Gasteiger partial charge in [-0.2, -0.15) is 5.10 Å². The Morgan fingerprint density at radius 2 is 2.17 bits per heavy atom. The molecule has 0 bridgehead atoms. The van der Waals surface area contributed by atoms with Gasteiger partial charge in [-0.15, -0.1) is 11.3 Å². The first-order valence-electron chi connectivity index (χ1n) is 8.41. The fourth-order valence-corrected chi connectivity index (χ4v) is 4.30. The van der Waals surface area contributed by atoms with Gasteiger partial charge in [0.1, 0.15) is 0 Å². The van der Waals surface area contributed by atoms with Crippen LogP contribution in [0.3, 0.4) is 0 Å². The van der Waals surface area contributed by atoms with Gasteiger partial charge in [-0.1, -0.05) is 0 Å². The molecule has 4 heterocycles. The number of morpholine rings is 1. The number of nitrogens with one attached hydrogen (secondary N) is 1. The summed E-state index contributed by atoms with van der Waals surface area (Å²) < 4.78 is 5.34. The van der Waals surface area contributed by atoms with E-state index in [1.165, 1.54) is 9.75 Å². The molecular formula is C17H22N4O2S. The first kappa shape index (κ1) is 15.8. The summed E-state index contributed by atoms with van der Waals surface area (Å²) in [5.74, 6) is 0.0321. The van der Waals surface area contributed by atoms with E-state index < -0.39 is 0 Å². The van der Waals surface area contributed by atoms with E-state index in [1.807, 2.05) is 16.2 Å². The molecule has 2 aliphatic rings. The summed E-state index contributed by atoms with van der Waals surface area (Å²) in [6.45, 7) is 7.39. The minimum Gasteiger partial charge on any atom is -0.378 e. The van der Waals surface area contributed by atoms with Crippen LogP contribution in [-0.2, 0) is 24.2 Å². The van der Waals surface area contributed by atoms with E-state index in [9.17, 15) is 4.79 Å². The van der Waals surface area contributed by atoms with E-state index in [0.717, 1.165) is 37.3 Å². The van der Waals surface area contributed by atoms with E-state index in [0.29, 0.717) is 32.0 Å². The first-order chi connectivity index (χ1) is 11.7. The topological polar surface area (TPSA) is 61.5 Å². The highest BCUT2D eigenvalue weighted by Crippen LogP contribution is 2.25. The fourth-order valence-electron chi connectivity index (χ4n) is 3.37. The predicted molar refractivity (Wildman–Crippen MR) is 92.2 cm³/mol. The largest absolute Gasteiger partial charge is 0.378 e. The maximum atomic E-state index is 12.8. The molecule has 1 N–H and O–H groups in total. The maximum Gasteiger partial charge on any atom is 0.274 e. The molecule has 2 aromatic heterocycles. The number of hydrogen-bond donors (Lipinski definition) is 1. The number of fused-ring (bicyclic) bond motifs is 1. The van der Waals surface area contributed by atoms with E-state index in [2.05, 4.69) is 34.2 Å². The number of H-pyrrole nitrogens is 1. The minimum absolute atomic E-state index is 0.0321. The van der Waals surface area contributed by atoms with Gasteiger partial charge in [0.25, 0.3) is 5.91 Å². The van der Waals surface area contributed by atoms with Crippen LogP contribution in [0, 0.1) is 6.92 Å². The zero-order chi connectivity index (χ0) is 16.5. The number of aryl methyl sites for hydroxylation is 1. The standard InChI is InChI=1S/C17H22N4O2S/c1-12-2-3-13(24-12)10-20-5-4-15-14(11-20)16(19-18-15)17(22)21-6-8-23-9-7-21/h2-3H,4-11H2,1H3,(H,18,19). The molecule has 128 valence electrons. The molecule has 0 unspecified atom stereocenters. The molecule has 2 aromatic rings. The lowest BCUT2D eigenvalue weighted by molar-refractivity contribution is 0.0297. The molecule has 0 radical (unpaired) electrons. The Bertz CT molecular complexity index is 733. The summed E-state index contributed by atoms with van der Waals surface area (Å²) >= 11 is 1.84. The number of carbonyl (C=O) groups excluding carboxylic acids is 1. The van der Waals surface area contributed by atoms with Crippen LogP contribution in [0.2, 0.25) is 0 Å². The number of thiophene rings is 1. The van der Waals surface area contributed by atoms with E-state index in [4.69, 9.17) is 4.74 Å². The van der Waals surface area contributed by atoms with Crippen LogP contribution >= 0.6 is 11.3 Å². The van der Waals surface area contributed by atoms with Crippen LogP contribution < -0.4 is 0 Å². The molecule has 0 saturated carbocycles. The molecule has 0 atom stereocenters.